The Hall–Kier alpha value is 2.68. The molecule has 7 heteroatoms. The molecular formula is C18H32Ac2O5. The van der Waals surface area contributed by atoms with Gasteiger partial charge in [-0.25, -0.2) is 0 Å². The molecule has 0 spiro atoms. The zero-order valence-electron chi connectivity index (χ0n) is 15.8. The summed E-state index contributed by atoms with van der Waals surface area (Å²) in [5.41, 5.74) is -0.266. The van der Waals surface area contributed by atoms with Crippen LogP contribution < -0.4 is 0 Å². The molecule has 2 N–H and O–H groups in total. The number of aliphatic hydroxyl groups excluding tert-OH is 2. The quantitative estimate of drug-likeness (QED) is 0.460. The van der Waals surface area contributed by atoms with E-state index in [1.165, 1.54) is 0 Å². The van der Waals surface area contributed by atoms with Crippen molar-refractivity contribution in [2.45, 2.75) is 102 Å². The van der Waals surface area contributed by atoms with Gasteiger partial charge in [-0.1, -0.05) is 20.3 Å². The van der Waals surface area contributed by atoms with Crippen molar-refractivity contribution in [2.24, 2.45) is 5.92 Å². The molecule has 8 atom stereocenters. The first-order valence-corrected chi connectivity index (χ1v) is 9.24. The van der Waals surface area contributed by atoms with Gasteiger partial charge in [0, 0.05) is 94.5 Å². The van der Waals surface area contributed by atoms with E-state index in [-0.39, 0.29) is 119 Å². The van der Waals surface area contributed by atoms with Gasteiger partial charge in [-0.3, -0.25) is 0 Å². The molecule has 0 amide bonds. The third-order valence-electron chi connectivity index (χ3n) is 5.94. The number of rotatable bonds is 3. The van der Waals surface area contributed by atoms with Gasteiger partial charge in [0.25, 0.3) is 0 Å². The van der Waals surface area contributed by atoms with E-state index < -0.39 is 12.2 Å². The summed E-state index contributed by atoms with van der Waals surface area (Å²) in [4.78, 5) is 0. The fourth-order valence-electron chi connectivity index (χ4n) is 4.63. The fraction of sp³-hybridized carbons (Fsp3) is 1.00. The van der Waals surface area contributed by atoms with Gasteiger partial charge >= 0.3 is 0 Å². The SMILES string of the molecule is CCC[C@@H]1O[C@@H]2C[C@@H]3O[C@H](CO)[C@@H](O)CC[C@H]3O[C@@]2(C)C[C@H]1C.[Ac].[Ac]. The van der Waals surface area contributed by atoms with E-state index in [9.17, 15) is 10.2 Å². The molecule has 0 aromatic rings. The average molecular weight is 782 g/mol. The summed E-state index contributed by atoms with van der Waals surface area (Å²) < 4.78 is 18.8. The molecule has 0 aliphatic carbocycles. The number of ether oxygens (including phenoxy) is 3. The zero-order valence-corrected chi connectivity index (χ0v) is 25.3. The van der Waals surface area contributed by atoms with Crippen LogP contribution in [0.15, 0.2) is 0 Å². The molecule has 0 unspecified atom stereocenters. The van der Waals surface area contributed by atoms with Gasteiger partial charge < -0.3 is 24.4 Å². The molecule has 3 aliphatic heterocycles. The molecule has 25 heavy (non-hydrogen) atoms. The summed E-state index contributed by atoms with van der Waals surface area (Å²) in [6.07, 6.45) is 4.49. The van der Waals surface area contributed by atoms with Gasteiger partial charge in [0.15, 0.2) is 0 Å². The minimum atomic E-state index is -0.614. The third kappa shape index (κ3) is 5.86. The number of fused-ring (bicyclic) bond motifs is 2. The third-order valence-corrected chi connectivity index (χ3v) is 5.94. The molecule has 0 aromatic heterocycles. The molecule has 5 nitrogen and oxygen atoms in total. The average Bonchev–Trinajstić information content (AvgIpc) is 2.65. The van der Waals surface area contributed by atoms with Crippen LogP contribution in [-0.2, 0) is 14.2 Å². The Morgan fingerprint density at radius 2 is 1.80 bits per heavy atom. The predicted molar refractivity (Wildman–Crippen MR) is 86.2 cm³/mol. The van der Waals surface area contributed by atoms with Crippen LogP contribution in [0.3, 0.4) is 0 Å². The smallest absolute Gasteiger partial charge is 0.107 e. The Bertz CT molecular complexity index is 413. The van der Waals surface area contributed by atoms with E-state index in [1.807, 2.05) is 0 Å². The molecule has 3 saturated heterocycles. The van der Waals surface area contributed by atoms with Crippen molar-refractivity contribution in [1.82, 2.24) is 0 Å². The normalized spacial score (nSPS) is 46.7. The van der Waals surface area contributed by atoms with Crippen LogP contribution in [0.4, 0.5) is 0 Å². The van der Waals surface area contributed by atoms with Crippen LogP contribution in [0.25, 0.3) is 0 Å². The Labute approximate surface area is 223 Å². The van der Waals surface area contributed by atoms with E-state index in [2.05, 4.69) is 20.8 Å². The van der Waals surface area contributed by atoms with Crippen molar-refractivity contribution in [3.8, 4) is 0 Å². The number of hydrogen-bond donors (Lipinski definition) is 2. The van der Waals surface area contributed by atoms with Crippen LogP contribution in [0.2, 0.25) is 0 Å². The Kier molecular flexibility index (Phi) is 11.5. The summed E-state index contributed by atoms with van der Waals surface area (Å²) in [6, 6.07) is 0. The van der Waals surface area contributed by atoms with Crippen molar-refractivity contribution in [3.63, 3.8) is 0 Å². The molecule has 3 aliphatic rings. The van der Waals surface area contributed by atoms with Crippen molar-refractivity contribution >= 4 is 0 Å². The first kappa shape index (κ1) is 25.7. The first-order valence-electron chi connectivity index (χ1n) is 9.24. The first-order chi connectivity index (χ1) is 11.0. The van der Waals surface area contributed by atoms with Gasteiger partial charge in [0.2, 0.25) is 0 Å². The van der Waals surface area contributed by atoms with Crippen molar-refractivity contribution in [2.75, 3.05) is 6.61 Å². The molecule has 3 heterocycles. The second-order valence-electron chi connectivity index (χ2n) is 7.88. The van der Waals surface area contributed by atoms with Gasteiger partial charge in [-0.2, -0.15) is 0 Å². The van der Waals surface area contributed by atoms with E-state index in [0.29, 0.717) is 18.4 Å². The van der Waals surface area contributed by atoms with Gasteiger partial charge in [-0.15, -0.1) is 0 Å². The molecule has 0 saturated carbocycles. The maximum Gasteiger partial charge on any atom is 0.107 e. The molecule has 0 aromatic carbocycles. The zero-order chi connectivity index (χ0) is 16.6. The summed E-state index contributed by atoms with van der Waals surface area (Å²) in [6.45, 7) is 6.46. The second kappa shape index (κ2) is 11.2. The second-order valence-corrected chi connectivity index (χ2v) is 7.88. The monoisotopic (exact) mass is 782 g/mol. The largest absolute Gasteiger partial charge is 0.394 e. The van der Waals surface area contributed by atoms with Crippen LogP contribution >= 0.6 is 0 Å². The van der Waals surface area contributed by atoms with E-state index in [0.717, 1.165) is 32.1 Å². The van der Waals surface area contributed by atoms with Gasteiger partial charge in [0.05, 0.1) is 42.7 Å². The van der Waals surface area contributed by atoms with Crippen LogP contribution in [-0.4, -0.2) is 59.0 Å². The molecule has 3 rings (SSSR count). The molecule has 2 radical (unpaired) electrons. The van der Waals surface area contributed by atoms with Gasteiger partial charge in [0.1, 0.15) is 6.10 Å². The number of hydrogen-bond acceptors (Lipinski definition) is 5. The van der Waals surface area contributed by atoms with E-state index in [1.54, 1.807) is 0 Å². The minimum absolute atomic E-state index is 0. The Morgan fingerprint density at radius 3 is 2.44 bits per heavy atom. The van der Waals surface area contributed by atoms with Crippen molar-refractivity contribution in [3.05, 3.63) is 0 Å². The Balaban J connectivity index is 0.00000156. The van der Waals surface area contributed by atoms with Crippen molar-refractivity contribution < 1.29 is 113 Å². The molecule has 3 fully saturated rings. The number of aliphatic hydroxyl groups is 2. The van der Waals surface area contributed by atoms with Crippen molar-refractivity contribution in [1.29, 1.82) is 0 Å². The Morgan fingerprint density at radius 1 is 1.08 bits per heavy atom. The summed E-state index contributed by atoms with van der Waals surface area (Å²) in [5, 5.41) is 19.6. The van der Waals surface area contributed by atoms with Gasteiger partial charge in [-0.05, 0) is 38.5 Å². The maximum atomic E-state index is 10.1. The predicted octanol–water partition coefficient (Wildman–Crippen LogP) is 2.03. The molecule has 0 bridgehead atoms. The maximum absolute atomic E-state index is 10.1. The minimum Gasteiger partial charge on any atom is -0.394 e. The molecule has 140 valence electrons. The van der Waals surface area contributed by atoms with E-state index in [4.69, 9.17) is 14.2 Å². The standard InChI is InChI=1S/C18H32O5.2Ac/c1-4-5-13-11(2)9-18(3)17(22-13)8-15-14(23-18)7-6-12(20)16(10-19)21-15;;/h11-17,19-20H,4-10H2,1-3H3;;/t11-,12+,13+,14-,15+,16-,17-,18+;;/m1../s1. The summed E-state index contributed by atoms with van der Waals surface area (Å²) >= 11 is 0. The topological polar surface area (TPSA) is 68.2 Å². The van der Waals surface area contributed by atoms with E-state index >= 15 is 0 Å². The summed E-state index contributed by atoms with van der Waals surface area (Å²) in [5.74, 6) is 0.496. The van der Waals surface area contributed by atoms with Crippen LogP contribution in [0, 0.1) is 94.0 Å². The fourth-order valence-corrected chi connectivity index (χ4v) is 4.63. The molecular weight excluding hydrogens is 750 g/mol. The van der Waals surface area contributed by atoms with Crippen LogP contribution in [0.1, 0.15) is 59.3 Å². The summed E-state index contributed by atoms with van der Waals surface area (Å²) in [7, 11) is 0. The van der Waals surface area contributed by atoms with Crippen LogP contribution in [0.5, 0.6) is 0 Å².